The molecule has 1 atom stereocenters. The van der Waals surface area contributed by atoms with Crippen molar-refractivity contribution in [3.63, 3.8) is 0 Å². The van der Waals surface area contributed by atoms with Crippen LogP contribution in [-0.2, 0) is 11.3 Å². The van der Waals surface area contributed by atoms with E-state index in [1.807, 2.05) is 35.0 Å². The fourth-order valence-corrected chi connectivity index (χ4v) is 2.48. The van der Waals surface area contributed by atoms with Gasteiger partial charge in [0.1, 0.15) is 5.82 Å². The van der Waals surface area contributed by atoms with Crippen molar-refractivity contribution in [2.24, 2.45) is 0 Å². The molecule has 1 aromatic heterocycles. The van der Waals surface area contributed by atoms with Crippen LogP contribution < -0.4 is 5.32 Å². The first-order chi connectivity index (χ1) is 12.1. The van der Waals surface area contributed by atoms with E-state index in [-0.39, 0.29) is 12.3 Å². The maximum Gasteiger partial charge on any atom is 0.223 e. The zero-order chi connectivity index (χ0) is 17.6. The number of carbonyl (C=O) groups is 1. The maximum atomic E-state index is 13.2. The van der Waals surface area contributed by atoms with Gasteiger partial charge in [0.25, 0.3) is 0 Å². The van der Waals surface area contributed by atoms with Crippen molar-refractivity contribution >= 4 is 5.91 Å². The summed E-state index contributed by atoms with van der Waals surface area (Å²) in [6, 6.07) is 13.3. The Morgan fingerprint density at radius 1 is 1.24 bits per heavy atom. The molecule has 0 aliphatic heterocycles. The van der Waals surface area contributed by atoms with Gasteiger partial charge in [0, 0.05) is 24.6 Å². The smallest absolute Gasteiger partial charge is 0.223 e. The van der Waals surface area contributed by atoms with E-state index >= 15 is 0 Å². The van der Waals surface area contributed by atoms with Crippen molar-refractivity contribution < 1.29 is 14.3 Å². The molecule has 1 heterocycles. The third-order valence-electron chi connectivity index (χ3n) is 3.84. The van der Waals surface area contributed by atoms with Gasteiger partial charge in [-0.2, -0.15) is 0 Å². The average molecular weight is 339 g/mol. The number of hydrogen-bond acceptors (Lipinski definition) is 3. The number of carbonyl (C=O) groups excluding carboxylic acids is 1. The molecule has 2 N–H and O–H groups in total. The van der Waals surface area contributed by atoms with E-state index in [2.05, 4.69) is 10.3 Å². The molecule has 1 unspecified atom stereocenters. The lowest BCUT2D eigenvalue weighted by atomic mass is 10.1. The quantitative estimate of drug-likeness (QED) is 0.726. The second-order valence-electron chi connectivity index (χ2n) is 5.69. The van der Waals surface area contributed by atoms with Crippen molar-refractivity contribution in [1.82, 2.24) is 14.9 Å². The summed E-state index contributed by atoms with van der Waals surface area (Å²) in [6.07, 6.45) is 4.13. The monoisotopic (exact) mass is 339 g/mol. The number of aliphatic hydroxyl groups excluding tert-OH is 1. The minimum absolute atomic E-state index is 0.115. The van der Waals surface area contributed by atoms with Gasteiger partial charge in [-0.3, -0.25) is 4.79 Å². The van der Waals surface area contributed by atoms with Gasteiger partial charge in [0.2, 0.25) is 5.91 Å². The SMILES string of the molecule is O=C(CC(O)c1cccc(F)c1)NCc1ccc(-n2ccnc2)cc1. The third-order valence-corrected chi connectivity index (χ3v) is 3.84. The van der Waals surface area contributed by atoms with Gasteiger partial charge >= 0.3 is 0 Å². The Balaban J connectivity index is 1.52. The largest absolute Gasteiger partial charge is 0.388 e. The molecule has 0 aliphatic rings. The molecule has 0 saturated carbocycles. The Bertz CT molecular complexity index is 832. The lowest BCUT2D eigenvalue weighted by Gasteiger charge is -2.12. The second kappa shape index (κ2) is 7.72. The number of nitrogens with one attached hydrogen (secondary N) is 1. The van der Waals surface area contributed by atoms with Crippen LogP contribution in [0.25, 0.3) is 5.69 Å². The Hall–Kier alpha value is -2.99. The van der Waals surface area contributed by atoms with Crippen LogP contribution in [0.5, 0.6) is 0 Å². The van der Waals surface area contributed by atoms with E-state index in [1.54, 1.807) is 18.6 Å². The molecule has 5 nitrogen and oxygen atoms in total. The van der Waals surface area contributed by atoms with Gasteiger partial charge in [0.15, 0.2) is 0 Å². The topological polar surface area (TPSA) is 67.2 Å². The molecule has 0 radical (unpaired) electrons. The van der Waals surface area contributed by atoms with E-state index in [9.17, 15) is 14.3 Å². The molecule has 0 fully saturated rings. The maximum absolute atomic E-state index is 13.2. The molecule has 0 spiro atoms. The molecule has 3 aromatic rings. The predicted octanol–water partition coefficient (Wildman–Crippen LogP) is 2.75. The summed E-state index contributed by atoms with van der Waals surface area (Å²) in [7, 11) is 0. The summed E-state index contributed by atoms with van der Waals surface area (Å²) >= 11 is 0. The number of amides is 1. The molecule has 25 heavy (non-hydrogen) atoms. The molecule has 0 aliphatic carbocycles. The molecular weight excluding hydrogens is 321 g/mol. The van der Waals surface area contributed by atoms with Crippen LogP contribution in [0.3, 0.4) is 0 Å². The highest BCUT2D eigenvalue weighted by atomic mass is 19.1. The first-order valence-corrected chi connectivity index (χ1v) is 7.89. The lowest BCUT2D eigenvalue weighted by Crippen LogP contribution is -2.24. The number of aromatic nitrogens is 2. The molecule has 2 aromatic carbocycles. The molecular formula is C19H18FN3O2. The number of imidazole rings is 1. The van der Waals surface area contributed by atoms with Crippen molar-refractivity contribution in [2.75, 3.05) is 0 Å². The standard InChI is InChI=1S/C19H18FN3O2/c20-16-3-1-2-15(10-16)18(24)11-19(25)22-12-14-4-6-17(7-5-14)23-9-8-21-13-23/h1-10,13,18,24H,11-12H2,(H,22,25). The van der Waals surface area contributed by atoms with Crippen LogP contribution in [0.4, 0.5) is 4.39 Å². The zero-order valence-corrected chi connectivity index (χ0v) is 13.5. The summed E-state index contributed by atoms with van der Waals surface area (Å²) in [6.45, 7) is 0.360. The Labute approximate surface area is 144 Å². The fraction of sp³-hybridized carbons (Fsp3) is 0.158. The van der Waals surface area contributed by atoms with Crippen LogP contribution in [-0.4, -0.2) is 20.6 Å². The third kappa shape index (κ3) is 4.51. The van der Waals surface area contributed by atoms with Crippen LogP contribution in [0, 0.1) is 5.82 Å². The van der Waals surface area contributed by atoms with E-state index < -0.39 is 11.9 Å². The van der Waals surface area contributed by atoms with Crippen LogP contribution in [0.1, 0.15) is 23.7 Å². The molecule has 6 heteroatoms. The summed E-state index contributed by atoms with van der Waals surface area (Å²) in [5.74, 6) is -0.731. The molecule has 3 rings (SSSR count). The minimum atomic E-state index is -1.03. The summed E-state index contributed by atoms with van der Waals surface area (Å²) in [5, 5.41) is 12.8. The summed E-state index contributed by atoms with van der Waals surface area (Å²) in [4.78, 5) is 16.0. The molecule has 0 saturated heterocycles. The van der Waals surface area contributed by atoms with Gasteiger partial charge < -0.3 is 15.0 Å². The lowest BCUT2D eigenvalue weighted by molar-refractivity contribution is -0.123. The van der Waals surface area contributed by atoms with Crippen LogP contribution >= 0.6 is 0 Å². The Morgan fingerprint density at radius 3 is 2.72 bits per heavy atom. The average Bonchev–Trinajstić information content (AvgIpc) is 3.15. The number of hydrogen-bond donors (Lipinski definition) is 2. The molecule has 0 bridgehead atoms. The highest BCUT2D eigenvalue weighted by Crippen LogP contribution is 2.17. The normalized spacial score (nSPS) is 11.9. The Kier molecular flexibility index (Phi) is 5.20. The number of aliphatic hydroxyl groups is 1. The van der Waals surface area contributed by atoms with Crippen molar-refractivity contribution in [2.45, 2.75) is 19.1 Å². The van der Waals surface area contributed by atoms with Crippen molar-refractivity contribution in [3.8, 4) is 5.69 Å². The zero-order valence-electron chi connectivity index (χ0n) is 13.5. The van der Waals surface area contributed by atoms with Gasteiger partial charge in [-0.05, 0) is 35.4 Å². The van der Waals surface area contributed by atoms with E-state index in [0.29, 0.717) is 12.1 Å². The van der Waals surface area contributed by atoms with Crippen molar-refractivity contribution in [1.29, 1.82) is 0 Å². The highest BCUT2D eigenvalue weighted by molar-refractivity contribution is 5.76. The van der Waals surface area contributed by atoms with E-state index in [0.717, 1.165) is 11.3 Å². The number of rotatable bonds is 6. The number of benzene rings is 2. The second-order valence-corrected chi connectivity index (χ2v) is 5.69. The minimum Gasteiger partial charge on any atom is -0.388 e. The van der Waals surface area contributed by atoms with Crippen LogP contribution in [0.15, 0.2) is 67.3 Å². The van der Waals surface area contributed by atoms with Gasteiger partial charge in [-0.25, -0.2) is 9.37 Å². The van der Waals surface area contributed by atoms with Crippen LogP contribution in [0.2, 0.25) is 0 Å². The number of nitrogens with zero attached hydrogens (tertiary/aromatic N) is 2. The predicted molar refractivity (Wildman–Crippen MR) is 91.4 cm³/mol. The first kappa shape index (κ1) is 16.9. The summed E-state index contributed by atoms with van der Waals surface area (Å²) in [5.41, 5.74) is 2.31. The van der Waals surface area contributed by atoms with Crippen molar-refractivity contribution in [3.05, 3.63) is 84.2 Å². The van der Waals surface area contributed by atoms with Gasteiger partial charge in [-0.1, -0.05) is 24.3 Å². The molecule has 1 amide bonds. The molecule has 128 valence electrons. The van der Waals surface area contributed by atoms with E-state index in [1.165, 1.54) is 18.2 Å². The number of halogens is 1. The Morgan fingerprint density at radius 2 is 2.04 bits per heavy atom. The van der Waals surface area contributed by atoms with E-state index in [4.69, 9.17) is 0 Å². The van der Waals surface area contributed by atoms with Gasteiger partial charge in [0.05, 0.1) is 18.9 Å². The first-order valence-electron chi connectivity index (χ1n) is 7.89. The fourth-order valence-electron chi connectivity index (χ4n) is 2.48. The highest BCUT2D eigenvalue weighted by Gasteiger charge is 2.13. The summed E-state index contributed by atoms with van der Waals surface area (Å²) < 4.78 is 15.0. The van der Waals surface area contributed by atoms with Gasteiger partial charge in [-0.15, -0.1) is 0 Å².